The summed E-state index contributed by atoms with van der Waals surface area (Å²) in [6, 6.07) is 9.86. The lowest BCUT2D eigenvalue weighted by atomic mass is 10.2. The average Bonchev–Trinajstić information content (AvgIpc) is 3.23. The highest BCUT2D eigenvalue weighted by molar-refractivity contribution is 5.61. The molecule has 0 radical (unpaired) electrons. The summed E-state index contributed by atoms with van der Waals surface area (Å²) in [5.41, 5.74) is 1.83. The minimum absolute atomic E-state index is 0.00453. The SMILES string of the molecule is Cc1c[nH]c(=O)n1-c1cccc(-c2noc(-c3ncccc3F)n2)c1. The van der Waals surface area contributed by atoms with Crippen molar-refractivity contribution in [2.45, 2.75) is 6.92 Å². The third kappa shape index (κ3) is 2.63. The molecule has 0 aliphatic carbocycles. The van der Waals surface area contributed by atoms with E-state index >= 15 is 0 Å². The second-order valence-corrected chi connectivity index (χ2v) is 5.38. The standard InChI is InChI=1S/C17H12FN5O2/c1-10-9-20-17(24)23(10)12-5-2-4-11(8-12)15-21-16(25-22-15)14-13(18)6-3-7-19-14/h2-9H,1H3,(H,20,24). The molecule has 0 fully saturated rings. The van der Waals surface area contributed by atoms with Gasteiger partial charge < -0.3 is 9.51 Å². The Morgan fingerprint density at radius 3 is 2.88 bits per heavy atom. The van der Waals surface area contributed by atoms with E-state index in [1.807, 2.05) is 6.92 Å². The van der Waals surface area contributed by atoms with Gasteiger partial charge >= 0.3 is 5.69 Å². The molecule has 0 saturated carbocycles. The van der Waals surface area contributed by atoms with Crippen LogP contribution in [0.1, 0.15) is 5.69 Å². The number of hydrogen-bond donors (Lipinski definition) is 1. The molecule has 0 unspecified atom stereocenters. The number of imidazole rings is 1. The predicted molar refractivity (Wildman–Crippen MR) is 87.6 cm³/mol. The first kappa shape index (κ1) is 15.0. The lowest BCUT2D eigenvalue weighted by Crippen LogP contribution is -2.15. The van der Waals surface area contributed by atoms with E-state index < -0.39 is 5.82 Å². The zero-order valence-electron chi connectivity index (χ0n) is 13.1. The normalized spacial score (nSPS) is 11.0. The van der Waals surface area contributed by atoms with Crippen LogP contribution in [-0.4, -0.2) is 24.7 Å². The number of H-pyrrole nitrogens is 1. The van der Waals surface area contributed by atoms with Crippen LogP contribution in [0.4, 0.5) is 4.39 Å². The van der Waals surface area contributed by atoms with Gasteiger partial charge in [-0.2, -0.15) is 4.98 Å². The van der Waals surface area contributed by atoms with Crippen molar-refractivity contribution in [1.82, 2.24) is 24.7 Å². The molecule has 0 bridgehead atoms. The van der Waals surface area contributed by atoms with Crippen LogP contribution in [0.3, 0.4) is 0 Å². The van der Waals surface area contributed by atoms with Crippen LogP contribution in [0.15, 0.2) is 58.1 Å². The number of nitrogens with one attached hydrogen (secondary N) is 1. The Morgan fingerprint density at radius 1 is 1.24 bits per heavy atom. The van der Waals surface area contributed by atoms with E-state index in [2.05, 4.69) is 20.1 Å². The summed E-state index contributed by atoms with van der Waals surface area (Å²) in [5, 5.41) is 3.88. The first-order valence-electron chi connectivity index (χ1n) is 7.46. The summed E-state index contributed by atoms with van der Waals surface area (Å²) < 4.78 is 20.5. The topological polar surface area (TPSA) is 89.6 Å². The van der Waals surface area contributed by atoms with Crippen molar-refractivity contribution in [1.29, 1.82) is 0 Å². The van der Waals surface area contributed by atoms with Gasteiger partial charge in [-0.15, -0.1) is 0 Å². The van der Waals surface area contributed by atoms with Crippen LogP contribution >= 0.6 is 0 Å². The molecule has 0 amide bonds. The molecule has 3 heterocycles. The molecule has 0 saturated heterocycles. The number of rotatable bonds is 3. The van der Waals surface area contributed by atoms with Crippen LogP contribution in [0.2, 0.25) is 0 Å². The summed E-state index contributed by atoms with van der Waals surface area (Å²) in [4.78, 5) is 22.7. The van der Waals surface area contributed by atoms with Crippen molar-refractivity contribution >= 4 is 0 Å². The smallest absolute Gasteiger partial charge is 0.330 e. The molecular weight excluding hydrogens is 325 g/mol. The van der Waals surface area contributed by atoms with Crippen molar-refractivity contribution in [2.24, 2.45) is 0 Å². The van der Waals surface area contributed by atoms with E-state index in [4.69, 9.17) is 4.52 Å². The maximum atomic E-state index is 13.8. The highest BCUT2D eigenvalue weighted by Gasteiger charge is 2.16. The molecule has 1 N–H and O–H groups in total. The van der Waals surface area contributed by atoms with Gasteiger partial charge in [0.2, 0.25) is 5.82 Å². The van der Waals surface area contributed by atoms with E-state index in [0.717, 1.165) is 5.69 Å². The first-order valence-corrected chi connectivity index (χ1v) is 7.46. The molecule has 0 atom stereocenters. The number of hydrogen-bond acceptors (Lipinski definition) is 5. The molecule has 8 heteroatoms. The Morgan fingerprint density at radius 2 is 2.12 bits per heavy atom. The number of pyridine rings is 1. The van der Waals surface area contributed by atoms with Crippen LogP contribution in [-0.2, 0) is 0 Å². The van der Waals surface area contributed by atoms with Crippen LogP contribution in [0.25, 0.3) is 28.7 Å². The van der Waals surface area contributed by atoms with Crippen molar-refractivity contribution in [3.8, 4) is 28.7 Å². The minimum Gasteiger partial charge on any atom is -0.332 e. The van der Waals surface area contributed by atoms with Crippen LogP contribution in [0.5, 0.6) is 0 Å². The Kier molecular flexibility index (Phi) is 3.50. The molecular formula is C17H12FN5O2. The molecule has 7 nitrogen and oxygen atoms in total. The van der Waals surface area contributed by atoms with Crippen molar-refractivity contribution in [3.63, 3.8) is 0 Å². The van der Waals surface area contributed by atoms with E-state index in [-0.39, 0.29) is 23.1 Å². The molecule has 4 aromatic rings. The van der Waals surface area contributed by atoms with Gasteiger partial charge in [0.05, 0.1) is 5.69 Å². The summed E-state index contributed by atoms with van der Waals surface area (Å²) in [5.74, 6) is -0.266. The summed E-state index contributed by atoms with van der Waals surface area (Å²) >= 11 is 0. The fourth-order valence-electron chi connectivity index (χ4n) is 2.54. The minimum atomic E-state index is -0.541. The summed E-state index contributed by atoms with van der Waals surface area (Å²) in [7, 11) is 0. The van der Waals surface area contributed by atoms with Crippen molar-refractivity contribution in [3.05, 3.63) is 70.8 Å². The summed E-state index contributed by atoms with van der Waals surface area (Å²) in [6.45, 7) is 1.82. The number of aromatic nitrogens is 5. The highest BCUT2D eigenvalue weighted by Crippen LogP contribution is 2.24. The molecule has 1 aromatic carbocycles. The van der Waals surface area contributed by atoms with Gasteiger partial charge in [0, 0.05) is 23.7 Å². The number of aromatic amines is 1. The number of aryl methyl sites for hydroxylation is 1. The molecule has 0 aliphatic rings. The molecule has 0 spiro atoms. The lowest BCUT2D eigenvalue weighted by molar-refractivity contribution is 0.428. The van der Waals surface area contributed by atoms with Gasteiger partial charge in [-0.3, -0.25) is 4.57 Å². The van der Waals surface area contributed by atoms with E-state index in [0.29, 0.717) is 11.3 Å². The van der Waals surface area contributed by atoms with Crippen molar-refractivity contribution < 1.29 is 8.91 Å². The number of nitrogens with zero attached hydrogens (tertiary/aromatic N) is 4. The van der Waals surface area contributed by atoms with Crippen molar-refractivity contribution in [2.75, 3.05) is 0 Å². The lowest BCUT2D eigenvalue weighted by Gasteiger charge is -2.05. The van der Waals surface area contributed by atoms with E-state index in [1.165, 1.54) is 22.9 Å². The second-order valence-electron chi connectivity index (χ2n) is 5.38. The zero-order valence-corrected chi connectivity index (χ0v) is 13.1. The molecule has 3 aromatic heterocycles. The first-order chi connectivity index (χ1) is 12.1. The van der Waals surface area contributed by atoms with Gasteiger partial charge in [0.1, 0.15) is 0 Å². The van der Waals surface area contributed by atoms with Crippen LogP contribution in [0, 0.1) is 12.7 Å². The number of halogens is 1. The zero-order chi connectivity index (χ0) is 17.4. The van der Waals surface area contributed by atoms with Gasteiger partial charge in [0.15, 0.2) is 11.5 Å². The third-order valence-electron chi connectivity index (χ3n) is 3.71. The third-order valence-corrected chi connectivity index (χ3v) is 3.71. The fraction of sp³-hybridized carbons (Fsp3) is 0.0588. The largest absolute Gasteiger partial charge is 0.332 e. The van der Waals surface area contributed by atoms with Gasteiger partial charge in [-0.05, 0) is 31.2 Å². The van der Waals surface area contributed by atoms with E-state index in [1.54, 1.807) is 30.5 Å². The average molecular weight is 337 g/mol. The maximum Gasteiger partial charge on any atom is 0.330 e. The Balaban J connectivity index is 1.76. The highest BCUT2D eigenvalue weighted by atomic mass is 19.1. The molecule has 25 heavy (non-hydrogen) atoms. The molecule has 124 valence electrons. The quantitative estimate of drug-likeness (QED) is 0.621. The Hall–Kier alpha value is -3.55. The molecule has 4 rings (SSSR count). The molecule has 0 aliphatic heterocycles. The maximum absolute atomic E-state index is 13.8. The second kappa shape index (κ2) is 5.82. The Labute approximate surface area is 140 Å². The van der Waals surface area contributed by atoms with E-state index in [9.17, 15) is 9.18 Å². The fourth-order valence-corrected chi connectivity index (χ4v) is 2.54. The van der Waals surface area contributed by atoms with Gasteiger partial charge in [-0.25, -0.2) is 14.2 Å². The van der Waals surface area contributed by atoms with Gasteiger partial charge in [-0.1, -0.05) is 17.3 Å². The van der Waals surface area contributed by atoms with Gasteiger partial charge in [0.25, 0.3) is 5.89 Å². The van der Waals surface area contributed by atoms with Crippen LogP contribution < -0.4 is 5.69 Å². The summed E-state index contributed by atoms with van der Waals surface area (Å²) in [6.07, 6.45) is 3.08. The monoisotopic (exact) mass is 337 g/mol. The Bertz CT molecular complexity index is 1110. The number of benzene rings is 1. The predicted octanol–water partition coefficient (Wildman–Crippen LogP) is 2.73.